The fraction of sp³-hybridized carbons (Fsp3) is 0.500. The van der Waals surface area contributed by atoms with Gasteiger partial charge in [0, 0.05) is 12.7 Å². The summed E-state index contributed by atoms with van der Waals surface area (Å²) in [6.07, 6.45) is 5.38. The van der Waals surface area contributed by atoms with Crippen LogP contribution in [0.1, 0.15) is 38.0 Å². The van der Waals surface area contributed by atoms with Gasteiger partial charge in [-0.1, -0.05) is 24.4 Å². The molecule has 0 aliphatic heterocycles. The number of ether oxygens (including phenoxy) is 2. The summed E-state index contributed by atoms with van der Waals surface area (Å²) >= 11 is 0. The molecule has 0 amide bonds. The molecule has 0 saturated heterocycles. The molecule has 0 N–H and O–H groups in total. The topological polar surface area (TPSA) is 57.4 Å². The lowest BCUT2D eigenvalue weighted by Crippen LogP contribution is -2.31. The smallest absolute Gasteiger partial charge is 0.259 e. The molecule has 1 aromatic carbocycles. The summed E-state index contributed by atoms with van der Waals surface area (Å²) in [5, 5.41) is 4.10. The Morgan fingerprint density at radius 2 is 1.76 bits per heavy atom. The van der Waals surface area contributed by atoms with Gasteiger partial charge in [0.05, 0.1) is 7.11 Å². The summed E-state index contributed by atoms with van der Waals surface area (Å²) in [4.78, 5) is 4.56. The molecule has 0 unspecified atom stereocenters. The van der Waals surface area contributed by atoms with Crippen molar-refractivity contribution in [2.45, 2.75) is 37.7 Å². The first-order chi connectivity index (χ1) is 10.3. The second-order valence-electron chi connectivity index (χ2n) is 5.41. The summed E-state index contributed by atoms with van der Waals surface area (Å²) in [7, 11) is 3.37. The molecular formula is C16H20N2O3. The zero-order valence-corrected chi connectivity index (χ0v) is 12.5. The number of aromatic nitrogens is 2. The molecule has 1 fully saturated rings. The molecule has 0 radical (unpaired) electrons. The molecule has 5 heteroatoms. The molecule has 1 saturated carbocycles. The van der Waals surface area contributed by atoms with Crippen molar-refractivity contribution in [1.82, 2.24) is 10.1 Å². The first kappa shape index (κ1) is 14.1. The van der Waals surface area contributed by atoms with Gasteiger partial charge in [0.2, 0.25) is 5.82 Å². The largest absolute Gasteiger partial charge is 0.497 e. The third kappa shape index (κ3) is 2.65. The van der Waals surface area contributed by atoms with Crippen LogP contribution in [0, 0.1) is 0 Å². The highest BCUT2D eigenvalue weighted by atomic mass is 16.5. The molecule has 0 spiro atoms. The highest BCUT2D eigenvalue weighted by Crippen LogP contribution is 2.39. The average molecular weight is 288 g/mol. The van der Waals surface area contributed by atoms with E-state index in [-0.39, 0.29) is 0 Å². The number of rotatable bonds is 4. The third-order valence-corrected chi connectivity index (χ3v) is 4.22. The first-order valence-corrected chi connectivity index (χ1v) is 7.31. The van der Waals surface area contributed by atoms with Crippen molar-refractivity contribution in [3.8, 4) is 17.1 Å². The lowest BCUT2D eigenvalue weighted by molar-refractivity contribution is -0.0672. The highest BCUT2D eigenvalue weighted by Gasteiger charge is 2.39. The minimum absolute atomic E-state index is 0.407. The normalized spacial score (nSPS) is 17.6. The van der Waals surface area contributed by atoms with E-state index in [0.29, 0.717) is 11.7 Å². The van der Waals surface area contributed by atoms with Crippen molar-refractivity contribution in [2.75, 3.05) is 14.2 Å². The van der Waals surface area contributed by atoms with Crippen LogP contribution in [0.5, 0.6) is 5.75 Å². The van der Waals surface area contributed by atoms with Gasteiger partial charge >= 0.3 is 0 Å². The van der Waals surface area contributed by atoms with E-state index in [1.807, 2.05) is 24.3 Å². The SMILES string of the molecule is COc1ccc(-c2noc(C3(OC)CCCCC3)n2)cc1. The van der Waals surface area contributed by atoms with Gasteiger partial charge in [-0.05, 0) is 37.1 Å². The summed E-state index contributed by atoms with van der Waals surface area (Å²) in [5.41, 5.74) is 0.503. The average Bonchev–Trinajstić information content (AvgIpc) is 3.06. The number of nitrogens with zero attached hydrogens (tertiary/aromatic N) is 2. The predicted octanol–water partition coefficient (Wildman–Crippen LogP) is 3.55. The van der Waals surface area contributed by atoms with Crippen LogP contribution in [-0.4, -0.2) is 24.4 Å². The van der Waals surface area contributed by atoms with E-state index in [2.05, 4.69) is 10.1 Å². The Balaban J connectivity index is 1.87. The van der Waals surface area contributed by atoms with Crippen LogP contribution in [-0.2, 0) is 10.3 Å². The number of methoxy groups -OCH3 is 2. The minimum Gasteiger partial charge on any atom is -0.497 e. The zero-order chi connectivity index (χ0) is 14.7. The van der Waals surface area contributed by atoms with Crippen LogP contribution in [0.25, 0.3) is 11.4 Å². The Kier molecular flexibility index (Phi) is 3.92. The summed E-state index contributed by atoms with van der Waals surface area (Å²) in [6.45, 7) is 0. The number of hydrogen-bond acceptors (Lipinski definition) is 5. The van der Waals surface area contributed by atoms with Crippen molar-refractivity contribution in [3.63, 3.8) is 0 Å². The van der Waals surface area contributed by atoms with Gasteiger partial charge < -0.3 is 14.0 Å². The standard InChI is InChI=1S/C16H20N2O3/c1-19-13-8-6-12(7-9-13)14-17-15(21-18-14)16(20-2)10-4-3-5-11-16/h6-9H,3-5,10-11H2,1-2H3. The van der Waals surface area contributed by atoms with Crippen LogP contribution in [0.2, 0.25) is 0 Å². The zero-order valence-electron chi connectivity index (χ0n) is 12.5. The lowest BCUT2D eigenvalue weighted by Gasteiger charge is -2.32. The van der Waals surface area contributed by atoms with Crippen LogP contribution in [0.4, 0.5) is 0 Å². The van der Waals surface area contributed by atoms with Crippen molar-refractivity contribution in [3.05, 3.63) is 30.2 Å². The van der Waals surface area contributed by atoms with Crippen molar-refractivity contribution >= 4 is 0 Å². The van der Waals surface area contributed by atoms with Gasteiger partial charge in [0.15, 0.2) is 0 Å². The van der Waals surface area contributed by atoms with Crippen LogP contribution < -0.4 is 4.74 Å². The molecule has 5 nitrogen and oxygen atoms in total. The van der Waals surface area contributed by atoms with E-state index in [1.54, 1.807) is 14.2 Å². The maximum absolute atomic E-state index is 5.73. The van der Waals surface area contributed by atoms with Crippen LogP contribution in [0.15, 0.2) is 28.8 Å². The van der Waals surface area contributed by atoms with E-state index in [1.165, 1.54) is 6.42 Å². The molecule has 1 aromatic heterocycles. The Bertz CT molecular complexity index is 586. The number of benzene rings is 1. The van der Waals surface area contributed by atoms with E-state index in [9.17, 15) is 0 Å². The van der Waals surface area contributed by atoms with Crippen molar-refractivity contribution in [1.29, 1.82) is 0 Å². The van der Waals surface area contributed by atoms with E-state index in [4.69, 9.17) is 14.0 Å². The second kappa shape index (κ2) is 5.85. The molecule has 1 aliphatic rings. The van der Waals surface area contributed by atoms with Crippen LogP contribution >= 0.6 is 0 Å². The Morgan fingerprint density at radius 1 is 1.05 bits per heavy atom. The molecule has 0 atom stereocenters. The van der Waals surface area contributed by atoms with Gasteiger partial charge in [0.1, 0.15) is 11.4 Å². The molecule has 0 bridgehead atoms. The molecule has 3 rings (SSSR count). The molecular weight excluding hydrogens is 268 g/mol. The minimum atomic E-state index is -0.407. The molecule has 1 heterocycles. The molecule has 2 aromatic rings. The highest BCUT2D eigenvalue weighted by molar-refractivity contribution is 5.55. The quantitative estimate of drug-likeness (QED) is 0.861. The summed E-state index contributed by atoms with van der Waals surface area (Å²) in [5.74, 6) is 1.99. The van der Waals surface area contributed by atoms with Crippen molar-refractivity contribution in [2.24, 2.45) is 0 Å². The Labute approximate surface area is 124 Å². The maximum Gasteiger partial charge on any atom is 0.259 e. The van der Waals surface area contributed by atoms with E-state index >= 15 is 0 Å². The lowest BCUT2D eigenvalue weighted by atomic mass is 9.84. The summed E-state index contributed by atoms with van der Waals surface area (Å²) < 4.78 is 16.4. The van der Waals surface area contributed by atoms with Gasteiger partial charge in [-0.15, -0.1) is 0 Å². The predicted molar refractivity (Wildman–Crippen MR) is 78.1 cm³/mol. The van der Waals surface area contributed by atoms with Crippen molar-refractivity contribution < 1.29 is 14.0 Å². The van der Waals surface area contributed by atoms with Gasteiger partial charge in [0.25, 0.3) is 5.89 Å². The van der Waals surface area contributed by atoms with Gasteiger partial charge in [-0.3, -0.25) is 0 Å². The fourth-order valence-electron chi connectivity index (χ4n) is 2.89. The third-order valence-electron chi connectivity index (χ3n) is 4.22. The fourth-order valence-corrected chi connectivity index (χ4v) is 2.89. The monoisotopic (exact) mass is 288 g/mol. The van der Waals surface area contributed by atoms with E-state index in [0.717, 1.165) is 37.0 Å². The summed E-state index contributed by atoms with van der Waals surface area (Å²) in [6, 6.07) is 7.62. The Morgan fingerprint density at radius 3 is 2.38 bits per heavy atom. The second-order valence-corrected chi connectivity index (χ2v) is 5.41. The Hall–Kier alpha value is -1.88. The number of hydrogen-bond donors (Lipinski definition) is 0. The first-order valence-electron chi connectivity index (χ1n) is 7.31. The molecule has 112 valence electrons. The maximum atomic E-state index is 5.73. The van der Waals surface area contributed by atoms with Gasteiger partial charge in [-0.25, -0.2) is 0 Å². The van der Waals surface area contributed by atoms with Gasteiger partial charge in [-0.2, -0.15) is 4.98 Å². The molecule has 21 heavy (non-hydrogen) atoms. The molecule has 1 aliphatic carbocycles. The van der Waals surface area contributed by atoms with Crippen LogP contribution in [0.3, 0.4) is 0 Å². The van der Waals surface area contributed by atoms with E-state index < -0.39 is 5.60 Å².